The maximum absolute atomic E-state index is 5.64. The third kappa shape index (κ3) is 1.96. The van der Waals surface area contributed by atoms with Crippen LogP contribution in [0.15, 0.2) is 0 Å². The van der Waals surface area contributed by atoms with Crippen LogP contribution in [0.2, 0.25) is 0 Å². The quantitative estimate of drug-likeness (QED) is 0.642. The lowest BCUT2D eigenvalue weighted by Crippen LogP contribution is -2.17. The van der Waals surface area contributed by atoms with Gasteiger partial charge in [0, 0.05) is 24.0 Å². The molecule has 0 aliphatic heterocycles. The average molecular weight is 272 g/mol. The van der Waals surface area contributed by atoms with Crippen LogP contribution >= 0.6 is 0 Å². The van der Waals surface area contributed by atoms with Crippen LogP contribution in [0.4, 0.5) is 5.82 Å². The maximum atomic E-state index is 5.64. The van der Waals surface area contributed by atoms with E-state index in [1.54, 1.807) is 0 Å². The first-order valence-corrected chi connectivity index (χ1v) is 6.98. The molecular formula is C14H20N6. The first-order valence-electron chi connectivity index (χ1n) is 6.98. The van der Waals surface area contributed by atoms with Crippen molar-refractivity contribution in [3.63, 3.8) is 0 Å². The summed E-state index contributed by atoms with van der Waals surface area (Å²) in [6.07, 6.45) is 4.35. The molecule has 20 heavy (non-hydrogen) atoms. The summed E-state index contributed by atoms with van der Waals surface area (Å²) in [6.45, 7) is 4.02. The number of anilines is 1. The van der Waals surface area contributed by atoms with Gasteiger partial charge >= 0.3 is 0 Å². The molecule has 6 nitrogen and oxygen atoms in total. The monoisotopic (exact) mass is 272 g/mol. The van der Waals surface area contributed by atoms with Crippen LogP contribution in [-0.4, -0.2) is 19.7 Å². The fourth-order valence-electron chi connectivity index (χ4n) is 2.92. The van der Waals surface area contributed by atoms with Crippen molar-refractivity contribution in [3.05, 3.63) is 22.6 Å². The number of rotatable bonds is 2. The normalized spacial score (nSPS) is 14.2. The van der Waals surface area contributed by atoms with Gasteiger partial charge in [0.15, 0.2) is 5.82 Å². The summed E-state index contributed by atoms with van der Waals surface area (Å²) in [5.74, 6) is 7.12. The van der Waals surface area contributed by atoms with E-state index in [2.05, 4.69) is 15.5 Å². The molecule has 1 aliphatic carbocycles. The van der Waals surface area contributed by atoms with Gasteiger partial charge in [0.1, 0.15) is 5.82 Å². The standard InChI is InChI=1S/C14H20N6/c1-8-12(9(2)20(3)19-8)14-16-11-7-5-4-6-10(11)13(17-14)18-15/h4-7,15H2,1-3H3,(H,16,17,18). The molecule has 106 valence electrons. The van der Waals surface area contributed by atoms with Crippen LogP contribution in [0.1, 0.15) is 35.5 Å². The first-order chi connectivity index (χ1) is 9.61. The van der Waals surface area contributed by atoms with Gasteiger partial charge < -0.3 is 5.43 Å². The van der Waals surface area contributed by atoms with Crippen LogP contribution in [-0.2, 0) is 19.9 Å². The number of fused-ring (bicyclic) bond motifs is 1. The van der Waals surface area contributed by atoms with Crippen LogP contribution < -0.4 is 11.3 Å². The summed E-state index contributed by atoms with van der Waals surface area (Å²) < 4.78 is 1.86. The van der Waals surface area contributed by atoms with E-state index in [1.807, 2.05) is 25.6 Å². The minimum atomic E-state index is 0.724. The highest BCUT2D eigenvalue weighted by atomic mass is 15.3. The Morgan fingerprint density at radius 1 is 1.15 bits per heavy atom. The molecule has 0 saturated carbocycles. The lowest BCUT2D eigenvalue weighted by atomic mass is 9.96. The number of nitrogens with zero attached hydrogens (tertiary/aromatic N) is 4. The van der Waals surface area contributed by atoms with Crippen molar-refractivity contribution in [2.45, 2.75) is 39.5 Å². The Morgan fingerprint density at radius 3 is 2.55 bits per heavy atom. The molecule has 0 saturated heterocycles. The van der Waals surface area contributed by atoms with Gasteiger partial charge in [-0.2, -0.15) is 5.10 Å². The van der Waals surface area contributed by atoms with Crippen molar-refractivity contribution in [2.75, 3.05) is 5.43 Å². The zero-order valence-electron chi connectivity index (χ0n) is 12.2. The van der Waals surface area contributed by atoms with Gasteiger partial charge in [0.05, 0.1) is 11.3 Å². The van der Waals surface area contributed by atoms with E-state index in [9.17, 15) is 0 Å². The molecule has 0 bridgehead atoms. The van der Waals surface area contributed by atoms with Crippen molar-refractivity contribution in [2.24, 2.45) is 12.9 Å². The fraction of sp³-hybridized carbons (Fsp3) is 0.500. The Morgan fingerprint density at radius 2 is 1.90 bits per heavy atom. The summed E-state index contributed by atoms with van der Waals surface area (Å²) in [4.78, 5) is 9.38. The molecule has 6 heteroatoms. The average Bonchev–Trinajstić information content (AvgIpc) is 2.71. The second kappa shape index (κ2) is 4.86. The van der Waals surface area contributed by atoms with Crippen LogP contribution in [0.5, 0.6) is 0 Å². The Kier molecular flexibility index (Phi) is 3.17. The molecular weight excluding hydrogens is 252 g/mol. The first kappa shape index (κ1) is 13.1. The number of nitrogen functional groups attached to an aromatic ring is 1. The van der Waals surface area contributed by atoms with Crippen LogP contribution in [0.25, 0.3) is 11.4 Å². The number of hydrogen-bond acceptors (Lipinski definition) is 5. The summed E-state index contributed by atoms with van der Waals surface area (Å²) in [5.41, 5.74) is 8.05. The number of aryl methyl sites for hydroxylation is 3. The zero-order valence-corrected chi connectivity index (χ0v) is 12.2. The molecule has 0 fully saturated rings. The number of hydrazine groups is 1. The predicted molar refractivity (Wildman–Crippen MR) is 78.2 cm³/mol. The van der Waals surface area contributed by atoms with Gasteiger partial charge in [-0.15, -0.1) is 0 Å². The molecule has 0 amide bonds. The van der Waals surface area contributed by atoms with Gasteiger partial charge in [-0.1, -0.05) is 0 Å². The smallest absolute Gasteiger partial charge is 0.165 e. The molecule has 0 radical (unpaired) electrons. The van der Waals surface area contributed by atoms with E-state index in [-0.39, 0.29) is 0 Å². The van der Waals surface area contributed by atoms with Gasteiger partial charge in [0.25, 0.3) is 0 Å². The Bertz CT molecular complexity index is 641. The number of hydrogen-bond donors (Lipinski definition) is 2. The van der Waals surface area contributed by atoms with E-state index >= 15 is 0 Å². The molecule has 1 aliphatic rings. The van der Waals surface area contributed by atoms with E-state index in [4.69, 9.17) is 10.8 Å². The van der Waals surface area contributed by atoms with Crippen molar-refractivity contribution >= 4 is 5.82 Å². The highest BCUT2D eigenvalue weighted by molar-refractivity contribution is 5.64. The fourth-order valence-corrected chi connectivity index (χ4v) is 2.92. The van der Waals surface area contributed by atoms with Gasteiger partial charge in [0.2, 0.25) is 0 Å². The van der Waals surface area contributed by atoms with Gasteiger partial charge in [-0.05, 0) is 39.5 Å². The minimum Gasteiger partial charge on any atom is -0.308 e. The van der Waals surface area contributed by atoms with Crippen LogP contribution in [0.3, 0.4) is 0 Å². The van der Waals surface area contributed by atoms with E-state index in [0.717, 1.165) is 47.1 Å². The molecule has 3 rings (SSSR count). The molecule has 2 heterocycles. The largest absolute Gasteiger partial charge is 0.308 e. The zero-order chi connectivity index (χ0) is 14.3. The molecule has 0 atom stereocenters. The molecule has 0 unspecified atom stereocenters. The Labute approximate surface area is 118 Å². The third-order valence-electron chi connectivity index (χ3n) is 4.05. The van der Waals surface area contributed by atoms with Crippen molar-refractivity contribution < 1.29 is 0 Å². The lowest BCUT2D eigenvalue weighted by molar-refractivity contribution is 0.664. The third-order valence-corrected chi connectivity index (χ3v) is 4.05. The molecule has 3 N–H and O–H groups in total. The number of nitrogens with one attached hydrogen (secondary N) is 1. The molecule has 2 aromatic rings. The topological polar surface area (TPSA) is 81.7 Å². The van der Waals surface area contributed by atoms with Crippen LogP contribution in [0, 0.1) is 13.8 Å². The summed E-state index contributed by atoms with van der Waals surface area (Å²) in [5, 5.41) is 4.44. The van der Waals surface area contributed by atoms with E-state index in [0.29, 0.717) is 0 Å². The second-order valence-corrected chi connectivity index (χ2v) is 5.34. The predicted octanol–water partition coefficient (Wildman–Crippen LogP) is 1.66. The van der Waals surface area contributed by atoms with Crippen molar-refractivity contribution in [3.8, 4) is 11.4 Å². The SMILES string of the molecule is Cc1nn(C)c(C)c1-c1nc2c(c(NN)n1)CCCC2. The second-order valence-electron chi connectivity index (χ2n) is 5.34. The lowest BCUT2D eigenvalue weighted by Gasteiger charge is -2.18. The van der Waals surface area contributed by atoms with E-state index in [1.165, 1.54) is 18.4 Å². The molecule has 0 aromatic carbocycles. The highest BCUT2D eigenvalue weighted by Crippen LogP contribution is 2.30. The summed E-state index contributed by atoms with van der Waals surface area (Å²) >= 11 is 0. The minimum absolute atomic E-state index is 0.724. The van der Waals surface area contributed by atoms with Gasteiger partial charge in [-0.25, -0.2) is 15.8 Å². The summed E-state index contributed by atoms with van der Waals surface area (Å²) in [6, 6.07) is 0. The Balaban J connectivity index is 2.19. The van der Waals surface area contributed by atoms with Crippen molar-refractivity contribution in [1.29, 1.82) is 0 Å². The van der Waals surface area contributed by atoms with Crippen molar-refractivity contribution in [1.82, 2.24) is 19.7 Å². The highest BCUT2D eigenvalue weighted by Gasteiger charge is 2.21. The maximum Gasteiger partial charge on any atom is 0.165 e. The molecule has 0 spiro atoms. The number of aromatic nitrogens is 4. The van der Waals surface area contributed by atoms with Gasteiger partial charge in [-0.3, -0.25) is 4.68 Å². The Hall–Kier alpha value is -1.95. The van der Waals surface area contributed by atoms with E-state index < -0.39 is 0 Å². The number of nitrogens with two attached hydrogens (primary N) is 1. The summed E-state index contributed by atoms with van der Waals surface area (Å²) in [7, 11) is 1.94. The molecule has 2 aromatic heterocycles.